The molecule has 0 aromatic carbocycles. The fourth-order valence-electron chi connectivity index (χ4n) is 1.15. The summed E-state index contributed by atoms with van der Waals surface area (Å²) in [6.07, 6.45) is 0.945. The quantitative estimate of drug-likeness (QED) is 0.577. The summed E-state index contributed by atoms with van der Waals surface area (Å²) in [4.78, 5) is 1.36. The highest BCUT2D eigenvalue weighted by molar-refractivity contribution is 7.09. The van der Waals surface area contributed by atoms with Crippen LogP contribution in [-0.2, 0) is 11.3 Å². The number of alkyl halides is 1. The molecule has 0 fully saturated rings. The van der Waals surface area contributed by atoms with Crippen LogP contribution in [0.5, 0.6) is 0 Å². The van der Waals surface area contributed by atoms with E-state index in [0.717, 1.165) is 19.5 Å². The molecule has 4 heteroatoms. The average molecular weight is 234 g/mol. The van der Waals surface area contributed by atoms with Crippen molar-refractivity contribution >= 4 is 22.9 Å². The molecule has 1 atom stereocenters. The number of halogens is 1. The fourth-order valence-corrected chi connectivity index (χ4v) is 2.06. The lowest BCUT2D eigenvalue weighted by Gasteiger charge is -2.08. The molecule has 1 unspecified atom stereocenters. The Kier molecular flexibility index (Phi) is 6.19. The highest BCUT2D eigenvalue weighted by atomic mass is 35.5. The van der Waals surface area contributed by atoms with Gasteiger partial charge in [0, 0.05) is 18.5 Å². The van der Waals surface area contributed by atoms with Gasteiger partial charge in [-0.3, -0.25) is 0 Å². The summed E-state index contributed by atoms with van der Waals surface area (Å²) in [5.41, 5.74) is 0. The van der Waals surface area contributed by atoms with Crippen LogP contribution >= 0.6 is 22.9 Å². The van der Waals surface area contributed by atoms with Crippen LogP contribution in [0.1, 0.15) is 11.3 Å². The Morgan fingerprint density at radius 2 is 2.50 bits per heavy atom. The molecule has 0 radical (unpaired) electrons. The molecule has 0 spiro atoms. The zero-order valence-corrected chi connectivity index (χ0v) is 9.90. The molecule has 0 saturated carbocycles. The van der Waals surface area contributed by atoms with Crippen LogP contribution in [-0.4, -0.2) is 25.6 Å². The van der Waals surface area contributed by atoms with Crippen molar-refractivity contribution in [1.29, 1.82) is 0 Å². The van der Waals surface area contributed by atoms with Gasteiger partial charge in [-0.2, -0.15) is 0 Å². The molecule has 0 saturated heterocycles. The van der Waals surface area contributed by atoms with Crippen molar-refractivity contribution < 1.29 is 4.74 Å². The standard InChI is InChI=1S/C10H16ClNOS/c1-13-8-9(11)4-5-12-7-10-3-2-6-14-10/h2-3,6,9,12H,4-5,7-8H2,1H3. The van der Waals surface area contributed by atoms with E-state index < -0.39 is 0 Å². The third-order valence-corrected chi connectivity index (χ3v) is 3.08. The van der Waals surface area contributed by atoms with Crippen LogP contribution in [0.15, 0.2) is 17.5 Å². The van der Waals surface area contributed by atoms with E-state index in [9.17, 15) is 0 Å². The lowest BCUT2D eigenvalue weighted by Crippen LogP contribution is -2.19. The Balaban J connectivity index is 1.99. The molecule has 1 aromatic heterocycles. The number of ether oxygens (including phenoxy) is 1. The van der Waals surface area contributed by atoms with E-state index in [1.807, 2.05) is 0 Å². The number of thiophene rings is 1. The molecular weight excluding hydrogens is 218 g/mol. The minimum Gasteiger partial charge on any atom is -0.383 e. The third-order valence-electron chi connectivity index (χ3n) is 1.86. The minimum absolute atomic E-state index is 0.121. The zero-order chi connectivity index (χ0) is 10.2. The van der Waals surface area contributed by atoms with Crippen molar-refractivity contribution in [3.63, 3.8) is 0 Å². The van der Waals surface area contributed by atoms with E-state index >= 15 is 0 Å². The van der Waals surface area contributed by atoms with E-state index in [1.54, 1.807) is 18.4 Å². The first-order valence-corrected chi connectivity index (χ1v) is 6.00. The van der Waals surface area contributed by atoms with Crippen molar-refractivity contribution in [3.8, 4) is 0 Å². The molecule has 0 aliphatic carbocycles. The number of methoxy groups -OCH3 is 1. The number of hydrogen-bond acceptors (Lipinski definition) is 3. The first kappa shape index (κ1) is 12.0. The molecule has 14 heavy (non-hydrogen) atoms. The molecular formula is C10H16ClNOS. The van der Waals surface area contributed by atoms with Crippen LogP contribution in [0, 0.1) is 0 Å². The fraction of sp³-hybridized carbons (Fsp3) is 0.600. The van der Waals surface area contributed by atoms with Crippen LogP contribution in [0.25, 0.3) is 0 Å². The van der Waals surface area contributed by atoms with Gasteiger partial charge in [0.15, 0.2) is 0 Å². The van der Waals surface area contributed by atoms with Gasteiger partial charge in [0.2, 0.25) is 0 Å². The van der Waals surface area contributed by atoms with Crippen LogP contribution in [0.3, 0.4) is 0 Å². The number of rotatable bonds is 7. The molecule has 80 valence electrons. The Morgan fingerprint density at radius 1 is 1.64 bits per heavy atom. The second-order valence-corrected chi connectivity index (χ2v) is 4.75. The maximum absolute atomic E-state index is 5.98. The van der Waals surface area contributed by atoms with Crippen molar-refractivity contribution in [2.45, 2.75) is 18.3 Å². The van der Waals surface area contributed by atoms with E-state index in [0.29, 0.717) is 6.61 Å². The Bertz CT molecular complexity index is 228. The summed E-state index contributed by atoms with van der Waals surface area (Å²) in [6.45, 7) is 2.51. The van der Waals surface area contributed by atoms with Gasteiger partial charge < -0.3 is 10.1 Å². The molecule has 1 heterocycles. The first-order valence-electron chi connectivity index (χ1n) is 4.69. The van der Waals surface area contributed by atoms with Crippen molar-refractivity contribution in [2.24, 2.45) is 0 Å². The summed E-state index contributed by atoms with van der Waals surface area (Å²) in [5.74, 6) is 0. The largest absolute Gasteiger partial charge is 0.383 e. The Labute approximate surface area is 94.2 Å². The molecule has 0 aliphatic rings. The number of nitrogens with one attached hydrogen (secondary N) is 1. The maximum Gasteiger partial charge on any atom is 0.0626 e. The van der Waals surface area contributed by atoms with Crippen molar-refractivity contribution in [1.82, 2.24) is 5.32 Å². The Hall–Kier alpha value is -0.0900. The van der Waals surface area contributed by atoms with Gasteiger partial charge in [-0.15, -0.1) is 22.9 Å². The van der Waals surface area contributed by atoms with Crippen LogP contribution in [0.4, 0.5) is 0 Å². The minimum atomic E-state index is 0.121. The van der Waals surface area contributed by atoms with Crippen LogP contribution < -0.4 is 5.32 Å². The highest BCUT2D eigenvalue weighted by Crippen LogP contribution is 2.07. The maximum atomic E-state index is 5.98. The van der Waals surface area contributed by atoms with Gasteiger partial charge >= 0.3 is 0 Å². The lowest BCUT2D eigenvalue weighted by atomic mass is 10.3. The van der Waals surface area contributed by atoms with Crippen LogP contribution in [0.2, 0.25) is 0 Å². The summed E-state index contributed by atoms with van der Waals surface area (Å²) in [5, 5.41) is 5.56. The van der Waals surface area contributed by atoms with E-state index in [1.165, 1.54) is 4.88 Å². The second-order valence-electron chi connectivity index (χ2n) is 3.10. The number of hydrogen-bond donors (Lipinski definition) is 1. The molecule has 2 nitrogen and oxygen atoms in total. The van der Waals surface area contributed by atoms with E-state index in [2.05, 4.69) is 22.8 Å². The Morgan fingerprint density at radius 3 is 3.14 bits per heavy atom. The molecule has 1 N–H and O–H groups in total. The monoisotopic (exact) mass is 233 g/mol. The smallest absolute Gasteiger partial charge is 0.0626 e. The average Bonchev–Trinajstić information content (AvgIpc) is 2.65. The zero-order valence-electron chi connectivity index (χ0n) is 8.33. The molecule has 1 aromatic rings. The summed E-state index contributed by atoms with van der Waals surface area (Å²) in [6, 6.07) is 4.20. The predicted octanol–water partition coefficient (Wildman–Crippen LogP) is 2.48. The van der Waals surface area contributed by atoms with E-state index in [-0.39, 0.29) is 5.38 Å². The third kappa shape index (κ3) is 4.96. The van der Waals surface area contributed by atoms with Gasteiger partial charge in [-0.25, -0.2) is 0 Å². The summed E-state index contributed by atoms with van der Waals surface area (Å²) in [7, 11) is 1.68. The summed E-state index contributed by atoms with van der Waals surface area (Å²) < 4.78 is 4.95. The second kappa shape index (κ2) is 7.23. The molecule has 1 rings (SSSR count). The summed E-state index contributed by atoms with van der Waals surface area (Å²) >= 11 is 7.75. The van der Waals surface area contributed by atoms with Gasteiger partial charge in [-0.1, -0.05) is 6.07 Å². The van der Waals surface area contributed by atoms with Gasteiger partial charge in [-0.05, 0) is 24.4 Å². The molecule has 0 bridgehead atoms. The lowest BCUT2D eigenvalue weighted by molar-refractivity contribution is 0.195. The normalized spacial score (nSPS) is 13.0. The topological polar surface area (TPSA) is 21.3 Å². The SMILES string of the molecule is COCC(Cl)CCNCc1cccs1. The highest BCUT2D eigenvalue weighted by Gasteiger charge is 2.02. The van der Waals surface area contributed by atoms with Crippen molar-refractivity contribution in [3.05, 3.63) is 22.4 Å². The van der Waals surface area contributed by atoms with Gasteiger partial charge in [0.05, 0.1) is 12.0 Å². The van der Waals surface area contributed by atoms with Crippen molar-refractivity contribution in [2.75, 3.05) is 20.3 Å². The molecule has 0 amide bonds. The van der Waals surface area contributed by atoms with Gasteiger partial charge in [0.1, 0.15) is 0 Å². The predicted molar refractivity (Wildman–Crippen MR) is 62.2 cm³/mol. The van der Waals surface area contributed by atoms with E-state index in [4.69, 9.17) is 16.3 Å². The first-order chi connectivity index (χ1) is 6.83. The molecule has 0 aliphatic heterocycles. The van der Waals surface area contributed by atoms with Gasteiger partial charge in [0.25, 0.3) is 0 Å².